The van der Waals surface area contributed by atoms with Gasteiger partial charge in [-0.15, -0.1) is 0 Å². The van der Waals surface area contributed by atoms with Gasteiger partial charge in [-0.05, 0) is 87.6 Å². The van der Waals surface area contributed by atoms with Crippen LogP contribution in [0.3, 0.4) is 0 Å². The first kappa shape index (κ1) is 20.7. The molecule has 152 valence electrons. The van der Waals surface area contributed by atoms with Gasteiger partial charge in [-0.25, -0.2) is 0 Å². The monoisotopic (exact) mass is 372 g/mol. The number of hydrogen-bond donors (Lipinski definition) is 1. The second-order valence-corrected chi connectivity index (χ2v) is 9.94. The molecule has 2 heterocycles. The minimum atomic E-state index is 0.161. The van der Waals surface area contributed by atoms with Crippen LogP contribution < -0.4 is 5.32 Å². The van der Waals surface area contributed by atoms with Crippen molar-refractivity contribution in [3.8, 4) is 0 Å². The van der Waals surface area contributed by atoms with Gasteiger partial charge in [-0.1, -0.05) is 32.9 Å². The molecule has 0 unspecified atom stereocenters. The van der Waals surface area contributed by atoms with Gasteiger partial charge < -0.3 is 15.0 Å². The van der Waals surface area contributed by atoms with Crippen molar-refractivity contribution in [3.63, 3.8) is 0 Å². The third-order valence-corrected chi connectivity index (χ3v) is 6.38. The second-order valence-electron chi connectivity index (χ2n) is 9.94. The average molecular weight is 373 g/mol. The Kier molecular flexibility index (Phi) is 6.86. The average Bonchev–Trinajstić information content (AvgIpc) is 2.62. The molecular formula is C24H40N2O. The molecule has 0 aliphatic carbocycles. The summed E-state index contributed by atoms with van der Waals surface area (Å²) < 4.78 is 5.54. The van der Waals surface area contributed by atoms with Gasteiger partial charge >= 0.3 is 0 Å². The van der Waals surface area contributed by atoms with Gasteiger partial charge in [0.1, 0.15) is 0 Å². The van der Waals surface area contributed by atoms with E-state index in [1.54, 1.807) is 0 Å². The molecule has 3 rings (SSSR count). The lowest BCUT2D eigenvalue weighted by Gasteiger charge is -2.35. The van der Waals surface area contributed by atoms with E-state index in [0.717, 1.165) is 32.0 Å². The van der Waals surface area contributed by atoms with Gasteiger partial charge in [-0.3, -0.25) is 0 Å². The zero-order valence-electron chi connectivity index (χ0n) is 18.2. The summed E-state index contributed by atoms with van der Waals surface area (Å²) in [5, 5.41) is 3.87. The van der Waals surface area contributed by atoms with Crippen molar-refractivity contribution < 1.29 is 4.74 Å². The van der Waals surface area contributed by atoms with Crippen molar-refractivity contribution in [3.05, 3.63) is 29.3 Å². The summed E-state index contributed by atoms with van der Waals surface area (Å²) in [7, 11) is 0. The van der Waals surface area contributed by atoms with E-state index in [1.807, 2.05) is 0 Å². The Morgan fingerprint density at radius 1 is 1.07 bits per heavy atom. The van der Waals surface area contributed by atoms with Gasteiger partial charge in [0.25, 0.3) is 0 Å². The summed E-state index contributed by atoms with van der Waals surface area (Å²) >= 11 is 0. The van der Waals surface area contributed by atoms with Crippen LogP contribution >= 0.6 is 0 Å². The van der Waals surface area contributed by atoms with Crippen LogP contribution in [0.25, 0.3) is 0 Å². The van der Waals surface area contributed by atoms with Crippen molar-refractivity contribution >= 4 is 5.69 Å². The van der Waals surface area contributed by atoms with Crippen molar-refractivity contribution in [2.45, 2.75) is 84.2 Å². The largest absolute Gasteiger partial charge is 0.382 e. The predicted octanol–water partition coefficient (Wildman–Crippen LogP) is 5.24. The number of nitrogens with zero attached hydrogens (tertiary/aromatic N) is 1. The van der Waals surface area contributed by atoms with E-state index < -0.39 is 0 Å². The molecule has 1 aromatic carbocycles. The number of piperidine rings is 1. The standard InChI is InChI=1S/C24H40N2O/c1-18(2)26-12-8-19(9-13-26)16-20-6-7-22(24(3,4)5)23(17-20)25-21-10-14-27-15-11-21/h6-7,17-19,21,25H,8-16H2,1-5H3. The molecule has 0 radical (unpaired) electrons. The first-order valence-corrected chi connectivity index (χ1v) is 11.0. The zero-order valence-corrected chi connectivity index (χ0v) is 18.2. The molecule has 1 aromatic rings. The highest BCUT2D eigenvalue weighted by molar-refractivity contribution is 5.57. The topological polar surface area (TPSA) is 24.5 Å². The Morgan fingerprint density at radius 3 is 2.33 bits per heavy atom. The molecule has 0 saturated carbocycles. The van der Waals surface area contributed by atoms with Crippen molar-refractivity contribution in [2.75, 3.05) is 31.6 Å². The van der Waals surface area contributed by atoms with Crippen molar-refractivity contribution in [2.24, 2.45) is 5.92 Å². The number of likely N-dealkylation sites (tertiary alicyclic amines) is 1. The van der Waals surface area contributed by atoms with Crippen LogP contribution in [-0.4, -0.2) is 43.3 Å². The normalized spacial score (nSPS) is 21.0. The molecule has 3 nitrogen and oxygen atoms in total. The van der Waals surface area contributed by atoms with Crippen LogP contribution in [-0.2, 0) is 16.6 Å². The molecule has 0 aromatic heterocycles. The predicted molar refractivity (Wildman–Crippen MR) is 116 cm³/mol. The highest BCUT2D eigenvalue weighted by atomic mass is 16.5. The van der Waals surface area contributed by atoms with Gasteiger partial charge in [0.05, 0.1) is 0 Å². The third-order valence-electron chi connectivity index (χ3n) is 6.38. The lowest BCUT2D eigenvalue weighted by Crippen LogP contribution is -2.38. The highest BCUT2D eigenvalue weighted by Crippen LogP contribution is 2.33. The molecule has 0 bridgehead atoms. The maximum Gasteiger partial charge on any atom is 0.0485 e. The Morgan fingerprint density at radius 2 is 1.74 bits per heavy atom. The lowest BCUT2D eigenvalue weighted by molar-refractivity contribution is 0.0904. The first-order chi connectivity index (χ1) is 12.8. The molecule has 0 spiro atoms. The van der Waals surface area contributed by atoms with E-state index in [-0.39, 0.29) is 5.41 Å². The molecular weight excluding hydrogens is 332 g/mol. The third kappa shape index (κ3) is 5.71. The maximum absolute atomic E-state index is 5.54. The second kappa shape index (κ2) is 8.96. The van der Waals surface area contributed by atoms with E-state index in [2.05, 4.69) is 63.0 Å². The summed E-state index contributed by atoms with van der Waals surface area (Å²) in [5.74, 6) is 0.830. The fourth-order valence-electron chi connectivity index (χ4n) is 4.56. The van der Waals surface area contributed by atoms with Crippen LogP contribution in [0, 0.1) is 5.92 Å². The first-order valence-electron chi connectivity index (χ1n) is 11.0. The van der Waals surface area contributed by atoms with Crippen LogP contribution in [0.1, 0.15) is 71.4 Å². The van der Waals surface area contributed by atoms with Crippen LogP contribution in [0.4, 0.5) is 5.69 Å². The van der Waals surface area contributed by atoms with Gasteiger partial charge in [0.2, 0.25) is 0 Å². The number of anilines is 1. The van der Waals surface area contributed by atoms with Crippen LogP contribution in [0.15, 0.2) is 18.2 Å². The molecule has 1 N–H and O–H groups in total. The van der Waals surface area contributed by atoms with Gasteiger partial charge in [0, 0.05) is 31.0 Å². The summed E-state index contributed by atoms with van der Waals surface area (Å²) in [5.41, 5.74) is 4.45. The van der Waals surface area contributed by atoms with Crippen molar-refractivity contribution in [1.29, 1.82) is 0 Å². The van der Waals surface area contributed by atoms with E-state index in [4.69, 9.17) is 4.74 Å². The Hall–Kier alpha value is -1.06. The summed E-state index contributed by atoms with van der Waals surface area (Å²) in [4.78, 5) is 2.62. The number of rotatable bonds is 5. The number of ether oxygens (including phenoxy) is 1. The number of nitrogens with one attached hydrogen (secondary N) is 1. The molecule has 3 heteroatoms. The van der Waals surface area contributed by atoms with E-state index in [1.165, 1.54) is 49.2 Å². The molecule has 27 heavy (non-hydrogen) atoms. The molecule has 0 atom stereocenters. The Labute approximate surface area is 166 Å². The number of hydrogen-bond acceptors (Lipinski definition) is 3. The Balaban J connectivity index is 1.70. The molecule has 2 aliphatic rings. The quantitative estimate of drug-likeness (QED) is 0.765. The number of benzene rings is 1. The minimum absolute atomic E-state index is 0.161. The lowest BCUT2D eigenvalue weighted by atomic mass is 9.83. The zero-order chi connectivity index (χ0) is 19.4. The molecule has 2 saturated heterocycles. The Bertz CT molecular complexity index is 591. The maximum atomic E-state index is 5.54. The van der Waals surface area contributed by atoms with Crippen LogP contribution in [0.2, 0.25) is 0 Å². The van der Waals surface area contributed by atoms with E-state index in [9.17, 15) is 0 Å². The molecule has 2 fully saturated rings. The van der Waals surface area contributed by atoms with Gasteiger partial charge in [-0.2, -0.15) is 0 Å². The summed E-state index contributed by atoms with van der Waals surface area (Å²) in [6.45, 7) is 15.9. The van der Waals surface area contributed by atoms with Gasteiger partial charge in [0.15, 0.2) is 0 Å². The molecule has 0 amide bonds. The fourth-order valence-corrected chi connectivity index (χ4v) is 4.56. The summed E-state index contributed by atoms with van der Waals surface area (Å²) in [6, 6.07) is 8.44. The van der Waals surface area contributed by atoms with E-state index >= 15 is 0 Å². The minimum Gasteiger partial charge on any atom is -0.382 e. The fraction of sp³-hybridized carbons (Fsp3) is 0.750. The summed E-state index contributed by atoms with van der Waals surface area (Å²) in [6.07, 6.45) is 6.12. The van der Waals surface area contributed by atoms with E-state index in [0.29, 0.717) is 12.1 Å². The van der Waals surface area contributed by atoms with Crippen LogP contribution in [0.5, 0.6) is 0 Å². The highest BCUT2D eigenvalue weighted by Gasteiger charge is 2.24. The SMILES string of the molecule is CC(C)N1CCC(Cc2ccc(C(C)(C)C)c(NC3CCOCC3)c2)CC1. The van der Waals surface area contributed by atoms with Crippen molar-refractivity contribution in [1.82, 2.24) is 4.90 Å². The molecule has 2 aliphatic heterocycles. The smallest absolute Gasteiger partial charge is 0.0485 e.